The average molecular weight is 433 g/mol. The van der Waals surface area contributed by atoms with Crippen LogP contribution in [0, 0.1) is 0 Å². The average Bonchev–Trinajstić information content (AvgIpc) is 2.79. The van der Waals surface area contributed by atoms with Gasteiger partial charge in [0.2, 0.25) is 0 Å². The summed E-state index contributed by atoms with van der Waals surface area (Å²) in [6.07, 6.45) is 3.30. The highest BCUT2D eigenvalue weighted by Crippen LogP contribution is 2.29. The number of rotatable bonds is 10. The van der Waals surface area contributed by atoms with Crippen LogP contribution >= 0.6 is 0 Å². The third kappa shape index (κ3) is 6.11. The molecule has 0 amide bonds. The van der Waals surface area contributed by atoms with Crippen LogP contribution in [0.15, 0.2) is 70.6 Å². The maximum absolute atomic E-state index is 10.3. The Morgan fingerprint density at radius 1 is 0.688 bits per heavy atom. The van der Waals surface area contributed by atoms with Crippen molar-refractivity contribution >= 4 is 12.4 Å². The first-order chi connectivity index (χ1) is 15.6. The summed E-state index contributed by atoms with van der Waals surface area (Å²) >= 11 is 0. The van der Waals surface area contributed by atoms with E-state index >= 15 is 0 Å². The molecule has 6 nitrogen and oxygen atoms in total. The molecule has 0 saturated heterocycles. The maximum Gasteiger partial charge on any atom is 0.166 e. The van der Waals surface area contributed by atoms with E-state index in [2.05, 4.69) is 9.98 Å². The first-order valence-corrected chi connectivity index (χ1v) is 10.6. The summed E-state index contributed by atoms with van der Waals surface area (Å²) in [5.74, 6) is 1.10. The second-order valence-electron chi connectivity index (χ2n) is 7.01. The Labute approximate surface area is 188 Å². The number of nitrogens with zero attached hydrogens (tertiary/aromatic N) is 2. The third-order valence-corrected chi connectivity index (χ3v) is 4.66. The molecule has 0 aromatic heterocycles. The SMILES string of the molecule is CCOc1cccc(C=NCc2cccc(CN=Cc3cccc(OCC)c3O)c2)c1O. The van der Waals surface area contributed by atoms with Crippen LogP contribution in [0.4, 0.5) is 0 Å². The molecule has 0 radical (unpaired) electrons. The van der Waals surface area contributed by atoms with Gasteiger partial charge in [0.1, 0.15) is 0 Å². The molecule has 0 bridgehead atoms. The van der Waals surface area contributed by atoms with Crippen molar-refractivity contribution in [1.82, 2.24) is 0 Å². The molecule has 0 atom stereocenters. The Kier molecular flexibility index (Phi) is 8.26. The number of benzene rings is 3. The Morgan fingerprint density at radius 3 is 1.56 bits per heavy atom. The van der Waals surface area contributed by atoms with E-state index in [1.165, 1.54) is 0 Å². The molecule has 0 saturated carbocycles. The zero-order valence-corrected chi connectivity index (χ0v) is 18.4. The summed E-state index contributed by atoms with van der Waals surface area (Å²) in [5.41, 5.74) is 3.31. The number of aromatic hydroxyl groups is 2. The molecule has 2 N–H and O–H groups in total. The second-order valence-corrected chi connectivity index (χ2v) is 7.01. The molecule has 166 valence electrons. The predicted octanol–water partition coefficient (Wildman–Crippen LogP) is 5.13. The number of phenolic OH excluding ortho intramolecular Hbond substituents is 2. The van der Waals surface area contributed by atoms with Crippen LogP contribution in [0.25, 0.3) is 0 Å². The van der Waals surface area contributed by atoms with Gasteiger partial charge < -0.3 is 19.7 Å². The topological polar surface area (TPSA) is 83.6 Å². The molecule has 0 aliphatic rings. The van der Waals surface area contributed by atoms with E-state index in [0.717, 1.165) is 11.1 Å². The van der Waals surface area contributed by atoms with Gasteiger partial charge in [-0.1, -0.05) is 36.4 Å². The van der Waals surface area contributed by atoms with Crippen LogP contribution in [-0.4, -0.2) is 35.9 Å². The molecule has 32 heavy (non-hydrogen) atoms. The molecule has 3 aromatic rings. The lowest BCUT2D eigenvalue weighted by Crippen LogP contribution is -1.94. The van der Waals surface area contributed by atoms with Crippen LogP contribution < -0.4 is 9.47 Å². The maximum atomic E-state index is 10.3. The highest BCUT2D eigenvalue weighted by molar-refractivity contribution is 5.85. The largest absolute Gasteiger partial charge is 0.504 e. The van der Waals surface area contributed by atoms with Crippen molar-refractivity contribution in [2.24, 2.45) is 9.98 Å². The third-order valence-electron chi connectivity index (χ3n) is 4.66. The van der Waals surface area contributed by atoms with Crippen molar-refractivity contribution < 1.29 is 19.7 Å². The highest BCUT2D eigenvalue weighted by atomic mass is 16.5. The lowest BCUT2D eigenvalue weighted by atomic mass is 10.1. The normalized spacial score (nSPS) is 11.3. The van der Waals surface area contributed by atoms with E-state index in [1.807, 2.05) is 50.2 Å². The monoisotopic (exact) mass is 432 g/mol. The van der Waals surface area contributed by atoms with Crippen molar-refractivity contribution in [1.29, 1.82) is 0 Å². The van der Waals surface area contributed by atoms with Gasteiger partial charge in [0, 0.05) is 23.6 Å². The molecule has 0 spiro atoms. The van der Waals surface area contributed by atoms with Crippen LogP contribution in [0.2, 0.25) is 0 Å². The molecule has 3 aromatic carbocycles. The summed E-state index contributed by atoms with van der Waals surface area (Å²) in [5, 5.41) is 20.5. The van der Waals surface area contributed by atoms with E-state index in [-0.39, 0.29) is 11.5 Å². The van der Waals surface area contributed by atoms with E-state index in [1.54, 1.807) is 36.7 Å². The molecular weight excluding hydrogens is 404 g/mol. The quantitative estimate of drug-likeness (QED) is 0.435. The Morgan fingerprint density at radius 2 is 1.12 bits per heavy atom. The number of aliphatic imine (C=N–C) groups is 2. The summed E-state index contributed by atoms with van der Waals surface area (Å²) in [6, 6.07) is 18.7. The number of para-hydroxylation sites is 2. The van der Waals surface area contributed by atoms with Crippen LogP contribution in [-0.2, 0) is 13.1 Å². The van der Waals surface area contributed by atoms with Gasteiger partial charge in [-0.2, -0.15) is 0 Å². The van der Waals surface area contributed by atoms with Crippen LogP contribution in [0.3, 0.4) is 0 Å². The van der Waals surface area contributed by atoms with E-state index in [0.29, 0.717) is 48.9 Å². The first-order valence-electron chi connectivity index (χ1n) is 10.6. The molecular formula is C26H28N2O4. The van der Waals surface area contributed by atoms with E-state index in [9.17, 15) is 10.2 Å². The zero-order chi connectivity index (χ0) is 22.8. The van der Waals surface area contributed by atoms with Crippen LogP contribution in [0.1, 0.15) is 36.1 Å². The molecule has 3 rings (SSSR count). The number of phenols is 2. The Balaban J connectivity index is 1.63. The molecule has 0 unspecified atom stereocenters. The minimum atomic E-state index is 0.0952. The predicted molar refractivity (Wildman–Crippen MR) is 128 cm³/mol. The van der Waals surface area contributed by atoms with E-state index in [4.69, 9.17) is 9.47 Å². The Hall–Kier alpha value is -3.80. The van der Waals surface area contributed by atoms with Gasteiger partial charge in [0.15, 0.2) is 23.0 Å². The van der Waals surface area contributed by atoms with Crippen LogP contribution in [0.5, 0.6) is 23.0 Å². The lowest BCUT2D eigenvalue weighted by molar-refractivity contribution is 0.318. The fourth-order valence-electron chi connectivity index (χ4n) is 3.16. The van der Waals surface area contributed by atoms with Crippen molar-refractivity contribution in [3.05, 3.63) is 82.9 Å². The zero-order valence-electron chi connectivity index (χ0n) is 18.4. The van der Waals surface area contributed by atoms with Gasteiger partial charge >= 0.3 is 0 Å². The number of ether oxygens (including phenoxy) is 2. The summed E-state index contributed by atoms with van der Waals surface area (Å²) in [6.45, 7) is 5.68. The van der Waals surface area contributed by atoms with Gasteiger partial charge in [0.25, 0.3) is 0 Å². The van der Waals surface area contributed by atoms with Gasteiger partial charge in [0.05, 0.1) is 26.3 Å². The summed E-state index contributed by atoms with van der Waals surface area (Å²) in [4.78, 5) is 8.91. The Bertz CT molecular complexity index is 1010. The number of hydrogen-bond acceptors (Lipinski definition) is 6. The minimum absolute atomic E-state index is 0.0952. The summed E-state index contributed by atoms with van der Waals surface area (Å²) in [7, 11) is 0. The smallest absolute Gasteiger partial charge is 0.166 e. The van der Waals surface area contributed by atoms with Gasteiger partial charge in [-0.15, -0.1) is 0 Å². The van der Waals surface area contributed by atoms with Crippen molar-refractivity contribution in [3.8, 4) is 23.0 Å². The highest BCUT2D eigenvalue weighted by Gasteiger charge is 2.06. The second kappa shape index (κ2) is 11.6. The van der Waals surface area contributed by atoms with E-state index < -0.39 is 0 Å². The molecule has 0 aliphatic carbocycles. The molecule has 6 heteroatoms. The van der Waals surface area contributed by atoms with Crippen molar-refractivity contribution in [2.75, 3.05) is 13.2 Å². The molecule has 0 heterocycles. The number of hydrogen-bond donors (Lipinski definition) is 2. The minimum Gasteiger partial charge on any atom is -0.504 e. The van der Waals surface area contributed by atoms with Gasteiger partial charge in [-0.25, -0.2) is 0 Å². The first kappa shape index (κ1) is 22.9. The lowest BCUT2D eigenvalue weighted by Gasteiger charge is -2.07. The molecule has 0 aliphatic heterocycles. The van der Waals surface area contributed by atoms with Gasteiger partial charge in [-0.3, -0.25) is 9.98 Å². The molecule has 0 fully saturated rings. The summed E-state index contributed by atoms with van der Waals surface area (Å²) < 4.78 is 10.8. The van der Waals surface area contributed by atoms with Crippen molar-refractivity contribution in [3.63, 3.8) is 0 Å². The fraction of sp³-hybridized carbons (Fsp3) is 0.231. The van der Waals surface area contributed by atoms with Crippen molar-refractivity contribution in [2.45, 2.75) is 26.9 Å². The fourth-order valence-corrected chi connectivity index (χ4v) is 3.16. The standard InChI is InChI=1S/C26H28N2O4/c1-3-31-23-12-6-10-21(25(23)29)17-27-15-19-8-5-9-20(14-19)16-28-18-22-11-7-13-24(26(22)30)32-4-2/h5-14,17-18,29-30H,3-4,15-16H2,1-2H3. The van der Waals surface area contributed by atoms with Gasteiger partial charge in [-0.05, 0) is 49.2 Å².